The summed E-state index contributed by atoms with van der Waals surface area (Å²) >= 11 is 0. The van der Waals surface area contributed by atoms with Crippen LogP contribution in [-0.4, -0.2) is 49.0 Å². The Morgan fingerprint density at radius 1 is 1.11 bits per heavy atom. The van der Waals surface area contributed by atoms with Crippen LogP contribution in [0, 0.1) is 5.82 Å². The van der Waals surface area contributed by atoms with E-state index in [4.69, 9.17) is 9.57 Å². The Balaban J connectivity index is 1.72. The largest absolute Gasteiger partial charge is 0.573 e. The number of fused-ring (bicyclic) bond motifs is 1. The molecule has 37 heavy (non-hydrogen) atoms. The zero-order valence-corrected chi connectivity index (χ0v) is 19.6. The van der Waals surface area contributed by atoms with E-state index < -0.39 is 35.3 Å². The third kappa shape index (κ3) is 5.33. The second-order valence-corrected chi connectivity index (χ2v) is 8.06. The molecule has 1 atom stereocenters. The van der Waals surface area contributed by atoms with E-state index in [1.54, 1.807) is 12.1 Å². The quantitative estimate of drug-likeness (QED) is 0.388. The first kappa shape index (κ1) is 25.9. The number of aromatic nitrogens is 1. The van der Waals surface area contributed by atoms with Crippen molar-refractivity contribution in [2.75, 3.05) is 20.8 Å². The summed E-state index contributed by atoms with van der Waals surface area (Å²) in [4.78, 5) is 34.8. The second kappa shape index (κ2) is 10.1. The zero-order chi connectivity index (χ0) is 26.8. The summed E-state index contributed by atoms with van der Waals surface area (Å²) in [5.41, 5.74) is -0.584. The molecule has 3 aromatic rings. The summed E-state index contributed by atoms with van der Waals surface area (Å²) in [7, 11) is 2.77. The number of nitrogens with one attached hydrogen (secondary N) is 1. The molecule has 2 heterocycles. The Morgan fingerprint density at radius 2 is 1.81 bits per heavy atom. The molecule has 0 radical (unpaired) electrons. The maximum absolute atomic E-state index is 14.7. The number of carbonyl (C=O) groups is 2. The van der Waals surface area contributed by atoms with Gasteiger partial charge in [-0.2, -0.15) is 0 Å². The fourth-order valence-electron chi connectivity index (χ4n) is 4.00. The molecule has 0 saturated carbocycles. The zero-order valence-electron chi connectivity index (χ0n) is 19.6. The van der Waals surface area contributed by atoms with Gasteiger partial charge in [0, 0.05) is 30.8 Å². The van der Waals surface area contributed by atoms with Crippen LogP contribution in [0.3, 0.4) is 0 Å². The first-order valence-electron chi connectivity index (χ1n) is 10.9. The number of hydrogen-bond donors (Lipinski definition) is 1. The van der Waals surface area contributed by atoms with Crippen molar-refractivity contribution >= 4 is 11.8 Å². The Morgan fingerprint density at radius 3 is 2.46 bits per heavy atom. The molecule has 4 rings (SSSR count). The monoisotopic (exact) mass is 519 g/mol. The molecule has 1 aliphatic heterocycles. The van der Waals surface area contributed by atoms with Gasteiger partial charge in [-0.3, -0.25) is 19.4 Å². The van der Waals surface area contributed by atoms with E-state index in [0.717, 1.165) is 17.2 Å². The van der Waals surface area contributed by atoms with Crippen LogP contribution in [0.2, 0.25) is 0 Å². The van der Waals surface area contributed by atoms with Crippen molar-refractivity contribution in [1.82, 2.24) is 15.4 Å². The molecule has 0 bridgehead atoms. The van der Waals surface area contributed by atoms with Crippen molar-refractivity contribution in [1.29, 1.82) is 0 Å². The van der Waals surface area contributed by atoms with Gasteiger partial charge in [0.05, 0.1) is 13.7 Å². The van der Waals surface area contributed by atoms with Gasteiger partial charge in [0.2, 0.25) is 0 Å². The molecule has 2 amide bonds. The van der Waals surface area contributed by atoms with Gasteiger partial charge in [-0.15, -0.1) is 13.2 Å². The molecule has 0 saturated heterocycles. The Kier molecular flexibility index (Phi) is 7.03. The highest BCUT2D eigenvalue weighted by molar-refractivity contribution is 5.98. The SMILES string of the molecule is CON(C)C(=O)c1ccc(C(=O)N[C@]2(c3ccc(OC(F)(F)F)c(F)c3)CCOc3cccnc32)cc1. The Bertz CT molecular complexity index is 1320. The van der Waals surface area contributed by atoms with Crippen molar-refractivity contribution in [3.63, 3.8) is 0 Å². The summed E-state index contributed by atoms with van der Waals surface area (Å²) in [6.45, 7) is 0.109. The maximum Gasteiger partial charge on any atom is 0.573 e. The predicted molar refractivity (Wildman–Crippen MR) is 121 cm³/mol. The molecule has 0 aliphatic carbocycles. The van der Waals surface area contributed by atoms with Gasteiger partial charge < -0.3 is 14.8 Å². The number of pyridine rings is 1. The molecular weight excluding hydrogens is 498 g/mol. The van der Waals surface area contributed by atoms with E-state index in [0.29, 0.717) is 5.75 Å². The smallest absolute Gasteiger partial charge is 0.491 e. The lowest BCUT2D eigenvalue weighted by Crippen LogP contribution is -2.50. The minimum Gasteiger partial charge on any atom is -0.491 e. The molecule has 1 aromatic heterocycles. The lowest BCUT2D eigenvalue weighted by molar-refractivity contribution is -0.275. The standard InChI is InChI=1S/C25H21F4N3O5/c1-32(35-2)23(34)16-7-5-15(6-8-16)22(33)31-24(11-13-36-20-4-3-12-30-21(20)24)17-9-10-19(18(26)14-17)37-25(27,28)29/h3-10,12,14H,11,13H2,1-2H3,(H,31,33)/t24-/m0/s1. The fraction of sp³-hybridized carbons (Fsp3) is 0.240. The average Bonchev–Trinajstić information content (AvgIpc) is 2.88. The predicted octanol–water partition coefficient (Wildman–Crippen LogP) is 4.21. The minimum absolute atomic E-state index is 0.108. The topological polar surface area (TPSA) is 90.0 Å². The molecule has 0 fully saturated rings. The van der Waals surface area contributed by atoms with Crippen LogP contribution in [0.4, 0.5) is 17.6 Å². The minimum atomic E-state index is -5.08. The molecule has 194 valence electrons. The molecule has 0 spiro atoms. The number of carbonyl (C=O) groups excluding carboxylic acids is 2. The number of alkyl halides is 3. The van der Waals surface area contributed by atoms with Crippen LogP contribution in [0.25, 0.3) is 0 Å². The van der Waals surface area contributed by atoms with Crippen LogP contribution in [0.1, 0.15) is 38.4 Å². The summed E-state index contributed by atoms with van der Waals surface area (Å²) in [6.07, 6.45) is -3.51. The van der Waals surface area contributed by atoms with Crippen LogP contribution >= 0.6 is 0 Å². The number of rotatable bonds is 6. The van der Waals surface area contributed by atoms with E-state index in [2.05, 4.69) is 15.0 Å². The van der Waals surface area contributed by atoms with Gasteiger partial charge in [-0.1, -0.05) is 6.07 Å². The molecule has 12 heteroatoms. The normalized spacial score (nSPS) is 16.8. The summed E-state index contributed by atoms with van der Waals surface area (Å²) in [5, 5.41) is 3.89. The van der Waals surface area contributed by atoms with E-state index in [-0.39, 0.29) is 35.4 Å². The maximum atomic E-state index is 14.7. The van der Waals surface area contributed by atoms with Crippen molar-refractivity contribution < 1.29 is 41.5 Å². The van der Waals surface area contributed by atoms with E-state index in [9.17, 15) is 27.2 Å². The lowest BCUT2D eigenvalue weighted by atomic mass is 9.81. The highest BCUT2D eigenvalue weighted by atomic mass is 19.4. The van der Waals surface area contributed by atoms with Crippen LogP contribution in [-0.2, 0) is 10.4 Å². The summed E-state index contributed by atoms with van der Waals surface area (Å²) in [5.74, 6) is -2.96. The first-order chi connectivity index (χ1) is 17.5. The van der Waals surface area contributed by atoms with Crippen molar-refractivity contribution in [3.8, 4) is 11.5 Å². The van der Waals surface area contributed by atoms with Gasteiger partial charge in [0.15, 0.2) is 11.6 Å². The van der Waals surface area contributed by atoms with Crippen LogP contribution in [0.5, 0.6) is 11.5 Å². The number of hydrogen-bond acceptors (Lipinski definition) is 6. The summed E-state index contributed by atoms with van der Waals surface area (Å²) in [6, 6.07) is 11.9. The lowest BCUT2D eigenvalue weighted by Gasteiger charge is -2.39. The number of hydroxylamine groups is 2. The molecule has 0 unspecified atom stereocenters. The van der Waals surface area contributed by atoms with Gasteiger partial charge in [-0.05, 0) is 54.1 Å². The van der Waals surface area contributed by atoms with Gasteiger partial charge in [0.1, 0.15) is 17.0 Å². The van der Waals surface area contributed by atoms with Gasteiger partial charge in [0.25, 0.3) is 11.8 Å². The fourth-order valence-corrected chi connectivity index (χ4v) is 4.00. The number of nitrogens with zero attached hydrogens (tertiary/aromatic N) is 2. The first-order valence-corrected chi connectivity index (χ1v) is 10.9. The highest BCUT2D eigenvalue weighted by Gasteiger charge is 2.43. The van der Waals surface area contributed by atoms with E-state index in [1.807, 2.05) is 0 Å². The number of benzene rings is 2. The van der Waals surface area contributed by atoms with Crippen molar-refractivity contribution in [2.45, 2.75) is 18.3 Å². The average molecular weight is 519 g/mol. The molecule has 8 nitrogen and oxygen atoms in total. The Hall–Kier alpha value is -4.19. The molecular formula is C25H21F4N3O5. The second-order valence-electron chi connectivity index (χ2n) is 8.06. The van der Waals surface area contributed by atoms with Crippen molar-refractivity contribution in [2.24, 2.45) is 0 Å². The molecule has 1 N–H and O–H groups in total. The van der Waals surface area contributed by atoms with Crippen molar-refractivity contribution in [3.05, 3.63) is 89.0 Å². The van der Waals surface area contributed by atoms with E-state index >= 15 is 0 Å². The number of amides is 2. The third-order valence-electron chi connectivity index (χ3n) is 5.84. The number of halogens is 4. The highest BCUT2D eigenvalue weighted by Crippen LogP contribution is 2.42. The number of ether oxygens (including phenoxy) is 2. The van der Waals surface area contributed by atoms with Crippen LogP contribution < -0.4 is 14.8 Å². The van der Waals surface area contributed by atoms with E-state index in [1.165, 1.54) is 50.7 Å². The molecule has 1 aliphatic rings. The van der Waals surface area contributed by atoms with Gasteiger partial charge in [-0.25, -0.2) is 9.45 Å². The molecule has 2 aromatic carbocycles. The third-order valence-corrected chi connectivity index (χ3v) is 5.84. The Labute approximate surface area is 208 Å². The van der Waals surface area contributed by atoms with Gasteiger partial charge >= 0.3 is 6.36 Å². The summed E-state index contributed by atoms with van der Waals surface area (Å²) < 4.78 is 62.1. The van der Waals surface area contributed by atoms with Crippen LogP contribution in [0.15, 0.2) is 60.8 Å².